The Balaban J connectivity index is 2.01. The molecule has 2 N–H and O–H groups in total. The van der Waals surface area contributed by atoms with Gasteiger partial charge in [-0.15, -0.1) is 0 Å². The van der Waals surface area contributed by atoms with E-state index in [-0.39, 0.29) is 5.54 Å². The van der Waals surface area contributed by atoms with Crippen LogP contribution in [0.15, 0.2) is 18.2 Å². The maximum atomic E-state index is 6.17. The quantitative estimate of drug-likeness (QED) is 0.730. The Morgan fingerprint density at radius 3 is 2.86 bits per heavy atom. The van der Waals surface area contributed by atoms with Gasteiger partial charge in [-0.3, -0.25) is 0 Å². The maximum absolute atomic E-state index is 6.17. The third-order valence-corrected chi connectivity index (χ3v) is 3.34. The molecule has 1 fully saturated rings. The second-order valence-electron chi connectivity index (χ2n) is 4.44. The van der Waals surface area contributed by atoms with Gasteiger partial charge >= 0.3 is 0 Å². The van der Waals surface area contributed by atoms with Gasteiger partial charge < -0.3 is 10.5 Å². The minimum absolute atomic E-state index is 0.00728. The zero-order valence-corrected chi connectivity index (χ0v) is 8.25. The highest BCUT2D eigenvalue weighted by atomic mass is 16.5. The number of benzene rings is 1. The summed E-state index contributed by atoms with van der Waals surface area (Å²) >= 11 is 0. The van der Waals surface area contributed by atoms with Gasteiger partial charge in [-0.1, -0.05) is 18.2 Å². The first-order valence-corrected chi connectivity index (χ1v) is 5.27. The number of fused-ring (bicyclic) bond motifs is 1. The van der Waals surface area contributed by atoms with E-state index in [1.807, 2.05) is 0 Å². The van der Waals surface area contributed by atoms with E-state index in [9.17, 15) is 0 Å². The third-order valence-electron chi connectivity index (χ3n) is 3.34. The van der Waals surface area contributed by atoms with E-state index in [4.69, 9.17) is 10.5 Å². The lowest BCUT2D eigenvalue weighted by Crippen LogP contribution is -2.20. The topological polar surface area (TPSA) is 35.2 Å². The zero-order chi connectivity index (χ0) is 9.60. The lowest BCUT2D eigenvalue weighted by atomic mass is 9.96. The summed E-state index contributed by atoms with van der Waals surface area (Å²) in [7, 11) is 0. The van der Waals surface area contributed by atoms with Crippen LogP contribution in [0.5, 0.6) is 0 Å². The van der Waals surface area contributed by atoms with Crippen LogP contribution in [0.2, 0.25) is 0 Å². The Kier molecular flexibility index (Phi) is 1.70. The molecule has 0 saturated heterocycles. The van der Waals surface area contributed by atoms with Gasteiger partial charge in [0.1, 0.15) is 0 Å². The van der Waals surface area contributed by atoms with Crippen LogP contribution in [0, 0.1) is 0 Å². The van der Waals surface area contributed by atoms with Crippen LogP contribution in [-0.2, 0) is 23.3 Å². The first kappa shape index (κ1) is 8.45. The summed E-state index contributed by atoms with van der Waals surface area (Å²) in [5.41, 5.74) is 10.3. The predicted molar refractivity (Wildman–Crippen MR) is 54.9 cm³/mol. The molecule has 1 aliphatic carbocycles. The molecule has 3 rings (SSSR count). The Morgan fingerprint density at radius 2 is 2.07 bits per heavy atom. The summed E-state index contributed by atoms with van der Waals surface area (Å²) < 4.78 is 5.41. The summed E-state index contributed by atoms with van der Waals surface area (Å²) in [6, 6.07) is 6.63. The van der Waals surface area contributed by atoms with Crippen molar-refractivity contribution in [2.75, 3.05) is 6.61 Å². The van der Waals surface area contributed by atoms with Crippen LogP contribution >= 0.6 is 0 Å². The molecule has 2 heteroatoms. The largest absolute Gasteiger partial charge is 0.376 e. The number of hydrogen-bond donors (Lipinski definition) is 1. The molecule has 0 amide bonds. The molecule has 14 heavy (non-hydrogen) atoms. The molecule has 1 aliphatic heterocycles. The van der Waals surface area contributed by atoms with Crippen molar-refractivity contribution >= 4 is 0 Å². The molecule has 2 aliphatic rings. The fourth-order valence-electron chi connectivity index (χ4n) is 2.10. The van der Waals surface area contributed by atoms with E-state index in [0.29, 0.717) is 0 Å². The summed E-state index contributed by atoms with van der Waals surface area (Å²) in [5, 5.41) is 0. The molecule has 74 valence electrons. The minimum Gasteiger partial charge on any atom is -0.376 e. The van der Waals surface area contributed by atoms with Crippen molar-refractivity contribution in [2.45, 2.75) is 31.4 Å². The number of rotatable bonds is 1. The van der Waals surface area contributed by atoms with Crippen LogP contribution in [0.3, 0.4) is 0 Å². The Hall–Kier alpha value is -0.860. The second-order valence-corrected chi connectivity index (χ2v) is 4.44. The lowest BCUT2D eigenvalue weighted by Gasteiger charge is -2.19. The first-order chi connectivity index (χ1) is 6.78. The monoisotopic (exact) mass is 189 g/mol. The molecule has 0 unspecified atom stereocenters. The molecule has 1 aromatic carbocycles. The van der Waals surface area contributed by atoms with Crippen molar-refractivity contribution in [1.29, 1.82) is 0 Å². The number of hydrogen-bond acceptors (Lipinski definition) is 2. The van der Waals surface area contributed by atoms with E-state index >= 15 is 0 Å². The smallest absolute Gasteiger partial charge is 0.0719 e. The van der Waals surface area contributed by atoms with Crippen molar-refractivity contribution in [3.05, 3.63) is 34.9 Å². The standard InChI is InChI=1S/C12H15NO/c13-12(4-5-12)11-2-1-10-8-14-6-3-9(10)7-11/h1-2,7H,3-6,8,13H2. The van der Waals surface area contributed by atoms with Gasteiger partial charge in [0, 0.05) is 5.54 Å². The molecule has 0 aromatic heterocycles. The molecule has 0 radical (unpaired) electrons. The van der Waals surface area contributed by atoms with Gasteiger partial charge in [0.05, 0.1) is 13.2 Å². The van der Waals surface area contributed by atoms with Gasteiger partial charge in [-0.05, 0) is 36.0 Å². The molecule has 0 spiro atoms. The molecule has 0 bridgehead atoms. The van der Waals surface area contributed by atoms with Crippen LogP contribution in [0.1, 0.15) is 29.5 Å². The molecule has 1 heterocycles. The highest BCUT2D eigenvalue weighted by molar-refractivity contribution is 5.38. The molecule has 2 nitrogen and oxygen atoms in total. The van der Waals surface area contributed by atoms with Crippen LogP contribution in [0.25, 0.3) is 0 Å². The highest BCUT2D eigenvalue weighted by Crippen LogP contribution is 2.43. The first-order valence-electron chi connectivity index (χ1n) is 5.27. The van der Waals surface area contributed by atoms with Gasteiger partial charge in [0.15, 0.2) is 0 Å². The van der Waals surface area contributed by atoms with Gasteiger partial charge in [0.2, 0.25) is 0 Å². The number of ether oxygens (including phenoxy) is 1. The SMILES string of the molecule is NC1(c2ccc3c(c2)CCOC3)CC1. The normalized spacial score (nSPS) is 22.9. The molecular formula is C12H15NO. The maximum Gasteiger partial charge on any atom is 0.0719 e. The average molecular weight is 189 g/mol. The summed E-state index contributed by atoms with van der Waals surface area (Å²) in [6.45, 7) is 1.63. The van der Waals surface area contributed by atoms with E-state index in [0.717, 1.165) is 32.5 Å². The second kappa shape index (κ2) is 2.81. The summed E-state index contributed by atoms with van der Waals surface area (Å²) in [6.07, 6.45) is 3.32. The van der Waals surface area contributed by atoms with Crippen molar-refractivity contribution in [3.63, 3.8) is 0 Å². The molecule has 0 atom stereocenters. The van der Waals surface area contributed by atoms with Crippen LogP contribution in [0.4, 0.5) is 0 Å². The van der Waals surface area contributed by atoms with Crippen LogP contribution < -0.4 is 5.73 Å². The van der Waals surface area contributed by atoms with Crippen molar-refractivity contribution < 1.29 is 4.74 Å². The van der Waals surface area contributed by atoms with Crippen molar-refractivity contribution in [1.82, 2.24) is 0 Å². The van der Waals surface area contributed by atoms with Gasteiger partial charge in [-0.2, -0.15) is 0 Å². The van der Waals surface area contributed by atoms with E-state index in [1.54, 1.807) is 0 Å². The summed E-state index contributed by atoms with van der Waals surface area (Å²) in [4.78, 5) is 0. The summed E-state index contributed by atoms with van der Waals surface area (Å²) in [5.74, 6) is 0. The Labute approximate surface area is 84.1 Å². The van der Waals surface area contributed by atoms with E-state index < -0.39 is 0 Å². The Bertz CT molecular complexity index is 369. The lowest BCUT2D eigenvalue weighted by molar-refractivity contribution is 0.110. The predicted octanol–water partition coefficient (Wildman–Crippen LogP) is 1.71. The van der Waals surface area contributed by atoms with Gasteiger partial charge in [-0.25, -0.2) is 0 Å². The Morgan fingerprint density at radius 1 is 1.21 bits per heavy atom. The number of nitrogens with two attached hydrogens (primary N) is 1. The molecular weight excluding hydrogens is 174 g/mol. The third kappa shape index (κ3) is 1.26. The van der Waals surface area contributed by atoms with E-state index in [1.165, 1.54) is 16.7 Å². The average Bonchev–Trinajstić information content (AvgIpc) is 2.97. The molecule has 1 aromatic rings. The fourth-order valence-corrected chi connectivity index (χ4v) is 2.10. The minimum atomic E-state index is 0.00728. The zero-order valence-electron chi connectivity index (χ0n) is 8.25. The van der Waals surface area contributed by atoms with E-state index in [2.05, 4.69) is 18.2 Å². The molecule has 1 saturated carbocycles. The van der Waals surface area contributed by atoms with Gasteiger partial charge in [0.25, 0.3) is 0 Å². The fraction of sp³-hybridized carbons (Fsp3) is 0.500. The van der Waals surface area contributed by atoms with Crippen molar-refractivity contribution in [2.24, 2.45) is 5.73 Å². The highest BCUT2D eigenvalue weighted by Gasteiger charge is 2.40. The van der Waals surface area contributed by atoms with Crippen molar-refractivity contribution in [3.8, 4) is 0 Å². The van der Waals surface area contributed by atoms with Crippen LogP contribution in [-0.4, -0.2) is 6.61 Å².